The second-order valence-electron chi connectivity index (χ2n) is 7.11. The van der Waals surface area contributed by atoms with Crippen molar-refractivity contribution in [3.8, 4) is 0 Å². The molecule has 2 fully saturated rings. The zero-order valence-corrected chi connectivity index (χ0v) is 16.8. The van der Waals surface area contributed by atoms with Gasteiger partial charge in [0.15, 0.2) is 0 Å². The molecule has 2 aliphatic rings. The summed E-state index contributed by atoms with van der Waals surface area (Å²) < 4.78 is 1.05. The molecule has 1 aromatic rings. The van der Waals surface area contributed by atoms with Gasteiger partial charge in [-0.15, -0.1) is 12.4 Å². The van der Waals surface area contributed by atoms with E-state index in [0.717, 1.165) is 55.7 Å². The summed E-state index contributed by atoms with van der Waals surface area (Å²) in [5.41, 5.74) is 0.607. The number of carbonyl (C=O) groups is 1. The van der Waals surface area contributed by atoms with Crippen molar-refractivity contribution < 1.29 is 4.79 Å². The van der Waals surface area contributed by atoms with Gasteiger partial charge in [0.1, 0.15) is 0 Å². The van der Waals surface area contributed by atoms with Crippen molar-refractivity contribution in [2.45, 2.75) is 31.7 Å². The van der Waals surface area contributed by atoms with Crippen LogP contribution in [-0.4, -0.2) is 61.0 Å². The van der Waals surface area contributed by atoms with Crippen molar-refractivity contribution in [1.82, 2.24) is 15.1 Å². The van der Waals surface area contributed by atoms with Gasteiger partial charge in [-0.05, 0) is 38.0 Å². The Hall–Kier alpha value is -0.620. The zero-order valence-electron chi connectivity index (χ0n) is 14.4. The fourth-order valence-corrected chi connectivity index (χ4v) is 3.92. The highest BCUT2D eigenvalue weighted by Gasteiger charge is 2.38. The molecule has 1 amide bonds. The standard InChI is InChI=1S/C18H26BrN3O.ClH/c1-18(2,14-3-5-15(19)6-4-14)17(23)22-10-7-16(13-22)21-11-8-20-9-12-21;/h3-6,16,20H,7-13H2,1-2H3;1H. The van der Waals surface area contributed by atoms with Gasteiger partial charge in [-0.2, -0.15) is 0 Å². The molecule has 0 saturated carbocycles. The van der Waals surface area contributed by atoms with Gasteiger partial charge in [0.2, 0.25) is 5.91 Å². The minimum absolute atomic E-state index is 0. The number of amides is 1. The first-order chi connectivity index (χ1) is 11.0. The maximum Gasteiger partial charge on any atom is 0.232 e. The molecule has 3 rings (SSSR count). The Morgan fingerprint density at radius 2 is 1.79 bits per heavy atom. The highest BCUT2D eigenvalue weighted by molar-refractivity contribution is 9.10. The molecule has 2 saturated heterocycles. The number of likely N-dealkylation sites (tertiary alicyclic amines) is 1. The molecule has 2 aliphatic heterocycles. The smallest absolute Gasteiger partial charge is 0.232 e. The lowest BCUT2D eigenvalue weighted by atomic mass is 9.83. The average molecular weight is 417 g/mol. The van der Waals surface area contributed by atoms with Crippen LogP contribution in [0.4, 0.5) is 0 Å². The maximum atomic E-state index is 13.1. The van der Waals surface area contributed by atoms with Gasteiger partial charge in [0.25, 0.3) is 0 Å². The van der Waals surface area contributed by atoms with Crippen molar-refractivity contribution >= 4 is 34.2 Å². The number of nitrogens with zero attached hydrogens (tertiary/aromatic N) is 2. The lowest BCUT2D eigenvalue weighted by molar-refractivity contribution is -0.135. The third-order valence-electron chi connectivity index (χ3n) is 5.22. The van der Waals surface area contributed by atoms with E-state index in [9.17, 15) is 4.79 Å². The van der Waals surface area contributed by atoms with Gasteiger partial charge in [0, 0.05) is 49.8 Å². The maximum absolute atomic E-state index is 13.1. The lowest BCUT2D eigenvalue weighted by Gasteiger charge is -2.34. The van der Waals surface area contributed by atoms with Crippen molar-refractivity contribution in [3.05, 3.63) is 34.3 Å². The van der Waals surface area contributed by atoms with Gasteiger partial charge in [-0.3, -0.25) is 9.69 Å². The first-order valence-corrected chi connectivity index (χ1v) is 9.28. The minimum Gasteiger partial charge on any atom is -0.340 e. The first kappa shape index (κ1) is 19.7. The summed E-state index contributed by atoms with van der Waals surface area (Å²) in [7, 11) is 0. The zero-order chi connectivity index (χ0) is 16.4. The Bertz CT molecular complexity index is 558. The van der Waals surface area contributed by atoms with E-state index in [4.69, 9.17) is 0 Å². The largest absolute Gasteiger partial charge is 0.340 e. The normalized spacial score (nSPS) is 22.3. The Balaban J connectivity index is 0.00000208. The molecule has 0 aromatic heterocycles. The summed E-state index contributed by atoms with van der Waals surface area (Å²) in [5, 5.41) is 3.40. The highest BCUT2D eigenvalue weighted by atomic mass is 79.9. The molecule has 4 nitrogen and oxygen atoms in total. The van der Waals surface area contributed by atoms with E-state index in [1.807, 2.05) is 38.1 Å². The van der Waals surface area contributed by atoms with Gasteiger partial charge in [-0.25, -0.2) is 0 Å². The average Bonchev–Trinajstić information content (AvgIpc) is 3.05. The molecular weight excluding hydrogens is 390 g/mol. The number of piperazine rings is 1. The van der Waals surface area contributed by atoms with Gasteiger partial charge in [0.05, 0.1) is 5.41 Å². The number of hydrogen-bond acceptors (Lipinski definition) is 3. The lowest BCUT2D eigenvalue weighted by Crippen LogP contribution is -2.50. The summed E-state index contributed by atoms with van der Waals surface area (Å²) in [6.07, 6.45) is 1.10. The predicted molar refractivity (Wildman–Crippen MR) is 104 cm³/mol. The topological polar surface area (TPSA) is 35.6 Å². The molecule has 0 radical (unpaired) electrons. The van der Waals surface area contributed by atoms with Crippen molar-refractivity contribution in [1.29, 1.82) is 0 Å². The summed E-state index contributed by atoms with van der Waals surface area (Å²) in [5.74, 6) is 0.248. The van der Waals surface area contributed by atoms with Crippen LogP contribution in [0.1, 0.15) is 25.8 Å². The molecule has 1 unspecified atom stereocenters. The van der Waals surface area contributed by atoms with Gasteiger partial charge in [-0.1, -0.05) is 28.1 Å². The fourth-order valence-electron chi connectivity index (χ4n) is 3.66. The van der Waals surface area contributed by atoms with Crippen LogP contribution in [0.25, 0.3) is 0 Å². The van der Waals surface area contributed by atoms with Crippen LogP contribution in [0.2, 0.25) is 0 Å². The Morgan fingerprint density at radius 3 is 2.42 bits per heavy atom. The Kier molecular flexibility index (Phi) is 6.71. The van der Waals surface area contributed by atoms with Crippen LogP contribution in [0.5, 0.6) is 0 Å². The third-order valence-corrected chi connectivity index (χ3v) is 5.75. The van der Waals surface area contributed by atoms with Crippen LogP contribution in [0, 0.1) is 0 Å². The predicted octanol–water partition coefficient (Wildman–Crippen LogP) is 2.65. The van der Waals surface area contributed by atoms with Crippen LogP contribution < -0.4 is 5.32 Å². The number of carbonyl (C=O) groups excluding carboxylic acids is 1. The molecule has 6 heteroatoms. The number of hydrogen-bond donors (Lipinski definition) is 1. The summed E-state index contributed by atoms with van der Waals surface area (Å²) in [6.45, 7) is 10.2. The third kappa shape index (κ3) is 4.13. The van der Waals surface area contributed by atoms with Crippen molar-refractivity contribution in [3.63, 3.8) is 0 Å². The quantitative estimate of drug-likeness (QED) is 0.823. The summed E-state index contributed by atoms with van der Waals surface area (Å²) in [6, 6.07) is 8.65. The molecule has 24 heavy (non-hydrogen) atoms. The number of rotatable bonds is 3. The molecular formula is C18H27BrClN3O. The second kappa shape index (κ2) is 8.17. The minimum atomic E-state index is -0.473. The van der Waals surface area contributed by atoms with E-state index in [1.165, 1.54) is 0 Å². The molecule has 2 heterocycles. The van der Waals surface area contributed by atoms with Crippen LogP contribution >= 0.6 is 28.3 Å². The fraction of sp³-hybridized carbons (Fsp3) is 0.611. The van der Waals surface area contributed by atoms with Crippen LogP contribution in [-0.2, 0) is 10.2 Å². The van der Waals surface area contributed by atoms with Crippen molar-refractivity contribution in [2.75, 3.05) is 39.3 Å². The molecule has 0 spiro atoms. The van der Waals surface area contributed by atoms with E-state index in [-0.39, 0.29) is 18.3 Å². The number of halogens is 2. The van der Waals surface area contributed by atoms with E-state index in [2.05, 4.69) is 31.0 Å². The highest BCUT2D eigenvalue weighted by Crippen LogP contribution is 2.29. The van der Waals surface area contributed by atoms with Gasteiger partial charge < -0.3 is 10.2 Å². The Labute approximate surface area is 159 Å². The van der Waals surface area contributed by atoms with Crippen molar-refractivity contribution in [2.24, 2.45) is 0 Å². The Morgan fingerprint density at radius 1 is 1.17 bits per heavy atom. The molecule has 134 valence electrons. The molecule has 0 aliphatic carbocycles. The van der Waals surface area contributed by atoms with Gasteiger partial charge >= 0.3 is 0 Å². The SMILES string of the molecule is CC(C)(C(=O)N1CCC(N2CCNCC2)C1)c1ccc(Br)cc1.Cl. The van der Waals surface area contributed by atoms with E-state index >= 15 is 0 Å². The summed E-state index contributed by atoms with van der Waals surface area (Å²) >= 11 is 3.46. The van der Waals surface area contributed by atoms with E-state index < -0.39 is 5.41 Å². The van der Waals surface area contributed by atoms with Crippen LogP contribution in [0.15, 0.2) is 28.7 Å². The van der Waals surface area contributed by atoms with Crippen LogP contribution in [0.3, 0.4) is 0 Å². The van der Waals surface area contributed by atoms with E-state index in [0.29, 0.717) is 6.04 Å². The summed E-state index contributed by atoms with van der Waals surface area (Å²) in [4.78, 5) is 17.7. The monoisotopic (exact) mass is 415 g/mol. The molecule has 1 atom stereocenters. The molecule has 0 bridgehead atoms. The second-order valence-corrected chi connectivity index (χ2v) is 8.03. The molecule has 1 aromatic carbocycles. The number of nitrogens with one attached hydrogen (secondary N) is 1. The molecule has 1 N–H and O–H groups in total. The number of benzene rings is 1. The first-order valence-electron chi connectivity index (χ1n) is 8.48. The van der Waals surface area contributed by atoms with E-state index in [1.54, 1.807) is 0 Å².